The third-order valence-electron chi connectivity index (χ3n) is 7.59. The second-order valence-electron chi connectivity index (χ2n) is 10.7. The number of rotatable bonds is 9. The first-order valence-electron chi connectivity index (χ1n) is 14.3. The van der Waals surface area contributed by atoms with Gasteiger partial charge in [0.25, 0.3) is 5.91 Å². The Bertz CT molecular complexity index is 2040. The Hall–Kier alpha value is -4.19. The van der Waals surface area contributed by atoms with Crippen LogP contribution in [0, 0.1) is 3.57 Å². The molecule has 0 spiro atoms. The number of carbonyl (C=O) groups excluding carboxylic acids is 2. The molecule has 0 aliphatic carbocycles. The molecule has 234 valence electrons. The Morgan fingerprint density at radius 2 is 1.52 bits per heavy atom. The summed E-state index contributed by atoms with van der Waals surface area (Å²) in [7, 11) is 0. The lowest BCUT2D eigenvalue weighted by Crippen LogP contribution is -2.41. The zero-order valence-corrected chi connectivity index (χ0v) is 28.4. The predicted octanol–water partition coefficient (Wildman–Crippen LogP) is 7.65. The summed E-state index contributed by atoms with van der Waals surface area (Å²) in [6.45, 7) is 3.87. The van der Waals surface area contributed by atoms with Crippen LogP contribution in [-0.4, -0.2) is 33.5 Å². The normalized spacial score (nSPS) is 11.7. The number of hydrogen-bond donors (Lipinski definition) is 3. The van der Waals surface area contributed by atoms with Gasteiger partial charge < -0.3 is 20.3 Å². The number of halogens is 3. The number of pyridine rings is 1. The number of anilines is 1. The number of benzene rings is 4. The first-order valence-corrected chi connectivity index (χ1v) is 16.1. The maximum Gasteiger partial charge on any atom is 0.341 e. The van der Waals surface area contributed by atoms with Crippen molar-refractivity contribution in [3.63, 3.8) is 0 Å². The van der Waals surface area contributed by atoms with Gasteiger partial charge in [-0.15, -0.1) is 0 Å². The number of fused-ring (bicyclic) bond motifs is 1. The molecule has 0 fully saturated rings. The smallest absolute Gasteiger partial charge is 0.341 e. The lowest BCUT2D eigenvalue weighted by molar-refractivity contribution is -0.117. The Morgan fingerprint density at radius 3 is 2.13 bits per heavy atom. The molecule has 5 aromatic rings. The Balaban J connectivity index is 1.35. The Morgan fingerprint density at radius 1 is 0.891 bits per heavy atom. The summed E-state index contributed by atoms with van der Waals surface area (Å²) < 4.78 is 2.00. The first-order chi connectivity index (χ1) is 22.0. The van der Waals surface area contributed by atoms with Crippen molar-refractivity contribution in [2.24, 2.45) is 0 Å². The van der Waals surface area contributed by atoms with Crippen molar-refractivity contribution < 1.29 is 19.5 Å². The fraction of sp³-hybridized carbons (Fsp3) is 0.143. The number of aromatic carboxylic acids is 1. The molecule has 3 N–H and O–H groups in total. The van der Waals surface area contributed by atoms with Gasteiger partial charge in [-0.25, -0.2) is 4.79 Å². The van der Waals surface area contributed by atoms with Crippen LogP contribution < -0.4 is 16.1 Å². The Kier molecular flexibility index (Phi) is 10.1. The van der Waals surface area contributed by atoms with Crippen LogP contribution in [0.1, 0.15) is 45.7 Å². The van der Waals surface area contributed by atoms with Crippen LogP contribution in [0.5, 0.6) is 0 Å². The fourth-order valence-corrected chi connectivity index (χ4v) is 6.14. The summed E-state index contributed by atoms with van der Waals surface area (Å²) in [5.74, 6) is -2.30. The van der Waals surface area contributed by atoms with Gasteiger partial charge in [0.1, 0.15) is 11.6 Å². The monoisotopic (exact) mass is 767 g/mol. The van der Waals surface area contributed by atoms with Crippen molar-refractivity contribution >= 4 is 80.2 Å². The van der Waals surface area contributed by atoms with Crippen molar-refractivity contribution in [3.8, 4) is 11.1 Å². The second-order valence-corrected chi connectivity index (χ2v) is 12.6. The summed E-state index contributed by atoms with van der Waals surface area (Å²) in [5.41, 5.74) is 4.07. The van der Waals surface area contributed by atoms with Crippen molar-refractivity contribution in [3.05, 3.63) is 131 Å². The summed E-state index contributed by atoms with van der Waals surface area (Å²) >= 11 is 14.1. The fourth-order valence-electron chi connectivity index (χ4n) is 4.99. The molecule has 0 bridgehead atoms. The van der Waals surface area contributed by atoms with E-state index in [1.807, 2.05) is 46.9 Å². The van der Waals surface area contributed by atoms with Gasteiger partial charge in [0.05, 0.1) is 26.6 Å². The number of amides is 2. The molecule has 1 heterocycles. The van der Waals surface area contributed by atoms with Gasteiger partial charge in [-0.05, 0) is 94.6 Å². The SMILES string of the molecule is CCc1ccc(-c2ccc(C(=O)N[C@@H](C)C(=O)Nc3ccc4c(c3I)c(=O)c(C(=O)O)cn4Cc3ccc(Cl)c(Cl)c3)cc2)cc1. The van der Waals surface area contributed by atoms with Crippen LogP contribution >= 0.6 is 45.8 Å². The van der Waals surface area contributed by atoms with E-state index in [-0.39, 0.29) is 11.9 Å². The number of nitrogens with zero attached hydrogens (tertiary/aromatic N) is 1. The molecular weight excluding hydrogens is 740 g/mol. The predicted molar refractivity (Wildman–Crippen MR) is 190 cm³/mol. The van der Waals surface area contributed by atoms with Crippen LogP contribution in [0.15, 0.2) is 89.9 Å². The first kappa shape index (κ1) is 33.2. The van der Waals surface area contributed by atoms with Crippen molar-refractivity contribution in [1.29, 1.82) is 0 Å². The number of aryl methyl sites for hydroxylation is 1. The van der Waals surface area contributed by atoms with E-state index in [2.05, 4.69) is 29.7 Å². The van der Waals surface area contributed by atoms with Crippen molar-refractivity contribution in [2.45, 2.75) is 32.9 Å². The standard InChI is InChI=1S/C35H28Cl2IN3O5/c1-3-20-4-7-22(8-5-20)23-9-11-24(12-10-23)34(44)39-19(2)33(43)40-28-14-15-29-30(31(28)38)32(42)25(35(45)46)18-41(29)17-21-6-13-26(36)27(37)16-21/h4-16,18-19H,3,17H2,1-2H3,(H,39,44)(H,40,43)(H,45,46)/t19-/m0/s1. The van der Waals surface area contributed by atoms with Gasteiger partial charge in [-0.3, -0.25) is 14.4 Å². The van der Waals surface area contributed by atoms with Gasteiger partial charge in [-0.1, -0.05) is 72.6 Å². The molecule has 0 unspecified atom stereocenters. The molecule has 1 aromatic heterocycles. The number of aromatic nitrogens is 1. The molecule has 46 heavy (non-hydrogen) atoms. The number of carbonyl (C=O) groups is 3. The molecule has 4 aromatic carbocycles. The lowest BCUT2D eigenvalue weighted by Gasteiger charge is -2.18. The number of carboxylic acid groups (broad SMARTS) is 1. The van der Waals surface area contributed by atoms with Crippen molar-refractivity contribution in [2.75, 3.05) is 5.32 Å². The molecule has 0 aliphatic heterocycles. The van der Waals surface area contributed by atoms with E-state index in [4.69, 9.17) is 23.2 Å². The van der Waals surface area contributed by atoms with Gasteiger partial charge in [0.15, 0.2) is 0 Å². The highest BCUT2D eigenvalue weighted by molar-refractivity contribution is 14.1. The third-order valence-corrected chi connectivity index (χ3v) is 9.45. The molecule has 1 atom stereocenters. The molecule has 0 saturated heterocycles. The minimum Gasteiger partial charge on any atom is -0.477 e. The zero-order chi connectivity index (χ0) is 33.1. The highest BCUT2D eigenvalue weighted by Gasteiger charge is 2.22. The van der Waals surface area contributed by atoms with Gasteiger partial charge >= 0.3 is 5.97 Å². The van der Waals surface area contributed by atoms with E-state index in [9.17, 15) is 24.3 Å². The van der Waals surface area contributed by atoms with E-state index in [1.54, 1.807) is 54.0 Å². The quantitative estimate of drug-likeness (QED) is 0.133. The maximum atomic E-state index is 13.3. The van der Waals surface area contributed by atoms with Crippen LogP contribution in [0.2, 0.25) is 10.0 Å². The summed E-state index contributed by atoms with van der Waals surface area (Å²) in [5, 5.41) is 16.1. The second kappa shape index (κ2) is 14.1. The molecular formula is C35H28Cl2IN3O5. The van der Waals surface area contributed by atoms with E-state index >= 15 is 0 Å². The average Bonchev–Trinajstić information content (AvgIpc) is 3.04. The van der Waals surface area contributed by atoms with Crippen LogP contribution in [0.25, 0.3) is 22.0 Å². The van der Waals surface area contributed by atoms with Gasteiger partial charge in [0.2, 0.25) is 11.3 Å². The topological polar surface area (TPSA) is 118 Å². The van der Waals surface area contributed by atoms with Gasteiger partial charge in [0, 0.05) is 21.9 Å². The summed E-state index contributed by atoms with van der Waals surface area (Å²) in [6.07, 6.45) is 2.24. The van der Waals surface area contributed by atoms with Crippen LogP contribution in [-0.2, 0) is 17.8 Å². The molecule has 0 radical (unpaired) electrons. The molecule has 8 nitrogen and oxygen atoms in total. The minimum absolute atomic E-state index is 0.138. The average molecular weight is 768 g/mol. The number of nitrogens with one attached hydrogen (secondary N) is 2. The van der Waals surface area contributed by atoms with E-state index < -0.39 is 34.8 Å². The van der Waals surface area contributed by atoms with E-state index in [0.717, 1.165) is 23.1 Å². The largest absolute Gasteiger partial charge is 0.477 e. The molecule has 0 saturated carbocycles. The zero-order valence-electron chi connectivity index (χ0n) is 24.7. The molecule has 0 aliphatic rings. The van der Waals surface area contributed by atoms with Crippen molar-refractivity contribution in [1.82, 2.24) is 9.88 Å². The molecule has 11 heteroatoms. The van der Waals surface area contributed by atoms with E-state index in [1.165, 1.54) is 11.8 Å². The van der Waals surface area contributed by atoms with Crippen LogP contribution in [0.4, 0.5) is 5.69 Å². The lowest BCUT2D eigenvalue weighted by atomic mass is 10.0. The van der Waals surface area contributed by atoms with E-state index in [0.29, 0.717) is 30.4 Å². The summed E-state index contributed by atoms with van der Waals surface area (Å²) in [6, 6.07) is 22.8. The van der Waals surface area contributed by atoms with Gasteiger partial charge in [-0.2, -0.15) is 0 Å². The number of hydrogen-bond acceptors (Lipinski definition) is 4. The minimum atomic E-state index is -1.38. The highest BCUT2D eigenvalue weighted by Crippen LogP contribution is 2.28. The van der Waals surface area contributed by atoms with Crippen LogP contribution in [0.3, 0.4) is 0 Å². The highest BCUT2D eigenvalue weighted by atomic mass is 127. The number of carboxylic acids is 1. The maximum absolute atomic E-state index is 13.3. The summed E-state index contributed by atoms with van der Waals surface area (Å²) in [4.78, 5) is 51.4. The third kappa shape index (κ3) is 7.11. The Labute approximate surface area is 288 Å². The molecule has 5 rings (SSSR count). The molecule has 2 amide bonds.